The van der Waals surface area contributed by atoms with Gasteiger partial charge >= 0.3 is 5.63 Å². The van der Waals surface area contributed by atoms with Crippen LogP contribution < -0.4 is 5.63 Å². The summed E-state index contributed by atoms with van der Waals surface area (Å²) in [5, 5.41) is 0.378. The summed E-state index contributed by atoms with van der Waals surface area (Å²) >= 11 is 0. The minimum atomic E-state index is -4.35. The summed E-state index contributed by atoms with van der Waals surface area (Å²) in [4.78, 5) is 23.1. The molecule has 1 N–H and O–H groups in total. The van der Waals surface area contributed by atoms with Gasteiger partial charge in [0, 0.05) is 23.8 Å². The fraction of sp³-hybridized carbons (Fsp3) is 0.286. The van der Waals surface area contributed by atoms with Crippen molar-refractivity contribution >= 4 is 26.9 Å². The molecule has 0 bridgehead atoms. The Labute approximate surface area is 121 Å². The van der Waals surface area contributed by atoms with E-state index >= 15 is 0 Å². The third-order valence-corrected chi connectivity index (χ3v) is 4.17. The molecule has 2 aromatic rings. The number of hydrogen-bond acceptors (Lipinski definition) is 5. The van der Waals surface area contributed by atoms with Crippen molar-refractivity contribution in [3.8, 4) is 0 Å². The van der Waals surface area contributed by atoms with Crippen molar-refractivity contribution in [2.45, 2.75) is 31.6 Å². The average Bonchev–Trinajstić information content (AvgIpc) is 2.41. The second kappa shape index (κ2) is 5.42. The molecule has 0 unspecified atom stereocenters. The van der Waals surface area contributed by atoms with E-state index in [1.165, 1.54) is 12.1 Å². The molecule has 7 heteroatoms. The predicted octanol–water partition coefficient (Wildman–Crippen LogP) is 1.87. The van der Waals surface area contributed by atoms with Crippen LogP contribution in [0.1, 0.15) is 24.5 Å². The number of rotatable bonds is 4. The highest BCUT2D eigenvalue weighted by Gasteiger charge is 2.17. The molecule has 0 aliphatic rings. The monoisotopic (exact) mass is 310 g/mol. The van der Waals surface area contributed by atoms with E-state index in [4.69, 9.17) is 8.97 Å². The van der Waals surface area contributed by atoms with Gasteiger partial charge in [0.25, 0.3) is 10.1 Å². The van der Waals surface area contributed by atoms with Gasteiger partial charge in [0.05, 0.1) is 4.90 Å². The highest BCUT2D eigenvalue weighted by atomic mass is 32.2. The van der Waals surface area contributed by atoms with Crippen molar-refractivity contribution in [1.82, 2.24) is 0 Å². The molecule has 0 aliphatic heterocycles. The Morgan fingerprint density at radius 2 is 2.00 bits per heavy atom. The van der Waals surface area contributed by atoms with Crippen LogP contribution in [0.25, 0.3) is 11.0 Å². The van der Waals surface area contributed by atoms with E-state index in [0.717, 1.165) is 6.07 Å². The molecule has 0 atom stereocenters. The van der Waals surface area contributed by atoms with Crippen LogP contribution in [-0.4, -0.2) is 18.8 Å². The molecule has 0 radical (unpaired) electrons. The van der Waals surface area contributed by atoms with Crippen LogP contribution in [0, 0.1) is 6.92 Å². The predicted molar refractivity (Wildman–Crippen MR) is 76.0 cm³/mol. The SMILES string of the molecule is CCC(=O)Cc1c(C)c2cc(S(=O)(=O)O)ccc2oc1=O. The zero-order chi connectivity index (χ0) is 15.8. The van der Waals surface area contributed by atoms with E-state index in [1.807, 2.05) is 0 Å². The van der Waals surface area contributed by atoms with Gasteiger partial charge in [-0.05, 0) is 30.7 Å². The molecule has 0 spiro atoms. The van der Waals surface area contributed by atoms with Crippen LogP contribution >= 0.6 is 0 Å². The largest absolute Gasteiger partial charge is 0.423 e. The summed E-state index contributed by atoms with van der Waals surface area (Å²) < 4.78 is 36.5. The van der Waals surface area contributed by atoms with Crippen molar-refractivity contribution in [2.75, 3.05) is 0 Å². The molecule has 0 saturated heterocycles. The minimum Gasteiger partial charge on any atom is -0.423 e. The summed E-state index contributed by atoms with van der Waals surface area (Å²) in [7, 11) is -4.35. The normalized spacial score (nSPS) is 11.8. The summed E-state index contributed by atoms with van der Waals surface area (Å²) in [5.41, 5.74) is 0.286. The number of hydrogen-bond donors (Lipinski definition) is 1. The number of carbonyl (C=O) groups excluding carboxylic acids is 1. The van der Waals surface area contributed by atoms with Crippen LogP contribution in [0.2, 0.25) is 0 Å². The maximum atomic E-state index is 11.9. The molecule has 0 fully saturated rings. The van der Waals surface area contributed by atoms with Crippen LogP contribution in [0.5, 0.6) is 0 Å². The number of ketones is 1. The maximum absolute atomic E-state index is 11.9. The lowest BCUT2D eigenvalue weighted by Gasteiger charge is -2.07. The van der Waals surface area contributed by atoms with Gasteiger partial charge in [-0.1, -0.05) is 6.92 Å². The van der Waals surface area contributed by atoms with E-state index in [0.29, 0.717) is 17.4 Å². The fourth-order valence-electron chi connectivity index (χ4n) is 2.06. The fourth-order valence-corrected chi connectivity index (χ4v) is 2.56. The molecule has 1 aromatic carbocycles. The number of aryl methyl sites for hydroxylation is 1. The van der Waals surface area contributed by atoms with Crippen molar-refractivity contribution in [1.29, 1.82) is 0 Å². The molecule has 2 rings (SSSR count). The van der Waals surface area contributed by atoms with Crippen LogP contribution in [-0.2, 0) is 21.3 Å². The first-order valence-corrected chi connectivity index (χ1v) is 7.73. The molecule has 0 saturated carbocycles. The summed E-state index contributed by atoms with van der Waals surface area (Å²) in [6, 6.07) is 3.68. The molecule has 112 valence electrons. The van der Waals surface area contributed by atoms with Gasteiger partial charge in [-0.15, -0.1) is 0 Å². The second-order valence-corrected chi connectivity index (χ2v) is 6.12. The Bertz CT molecular complexity index is 876. The van der Waals surface area contributed by atoms with Crippen molar-refractivity contribution < 1.29 is 22.2 Å². The van der Waals surface area contributed by atoms with Gasteiger partial charge in [-0.2, -0.15) is 8.42 Å². The zero-order valence-corrected chi connectivity index (χ0v) is 12.4. The quantitative estimate of drug-likeness (QED) is 0.683. The van der Waals surface area contributed by atoms with E-state index in [2.05, 4.69) is 0 Å². The van der Waals surface area contributed by atoms with Crippen LogP contribution in [0.4, 0.5) is 0 Å². The van der Waals surface area contributed by atoms with Gasteiger partial charge < -0.3 is 4.42 Å². The molecule has 21 heavy (non-hydrogen) atoms. The summed E-state index contributed by atoms with van der Waals surface area (Å²) in [6.45, 7) is 3.31. The Balaban J connectivity index is 2.73. The van der Waals surface area contributed by atoms with Crippen LogP contribution in [0.3, 0.4) is 0 Å². The van der Waals surface area contributed by atoms with Gasteiger partial charge in [0.2, 0.25) is 0 Å². The third-order valence-electron chi connectivity index (χ3n) is 3.32. The van der Waals surface area contributed by atoms with Crippen molar-refractivity contribution in [3.63, 3.8) is 0 Å². The van der Waals surface area contributed by atoms with Gasteiger partial charge in [0.1, 0.15) is 11.4 Å². The summed E-state index contributed by atoms with van der Waals surface area (Å²) in [6.07, 6.45) is 0.235. The number of carbonyl (C=O) groups is 1. The molecule has 1 heterocycles. The van der Waals surface area contributed by atoms with Crippen LogP contribution in [0.15, 0.2) is 32.3 Å². The highest BCUT2D eigenvalue weighted by Crippen LogP contribution is 2.23. The van der Waals surface area contributed by atoms with Crippen molar-refractivity contribution in [2.24, 2.45) is 0 Å². The lowest BCUT2D eigenvalue weighted by Crippen LogP contribution is -2.15. The van der Waals surface area contributed by atoms with E-state index in [-0.39, 0.29) is 28.2 Å². The topological polar surface area (TPSA) is 102 Å². The molecule has 1 aromatic heterocycles. The summed E-state index contributed by atoms with van der Waals surface area (Å²) in [5.74, 6) is -0.115. The number of fused-ring (bicyclic) bond motifs is 1. The molecular weight excluding hydrogens is 296 g/mol. The average molecular weight is 310 g/mol. The lowest BCUT2D eigenvalue weighted by molar-refractivity contribution is -0.118. The lowest BCUT2D eigenvalue weighted by atomic mass is 10.0. The van der Waals surface area contributed by atoms with E-state index < -0.39 is 15.7 Å². The molecule has 0 aliphatic carbocycles. The Kier molecular flexibility index (Phi) is 3.97. The first kappa shape index (κ1) is 15.4. The molecule has 0 amide bonds. The maximum Gasteiger partial charge on any atom is 0.340 e. The number of Topliss-reactive ketones (excluding diaryl/α,β-unsaturated/α-hetero) is 1. The standard InChI is InChI=1S/C14H14O6S/c1-3-9(15)6-12-8(2)11-7-10(21(17,18)19)4-5-13(11)20-14(12)16/h4-5,7H,3,6H2,1-2H3,(H,17,18,19). The minimum absolute atomic E-state index is 0.0588. The molecular formula is C14H14O6S. The second-order valence-electron chi connectivity index (χ2n) is 4.70. The van der Waals surface area contributed by atoms with E-state index in [1.54, 1.807) is 13.8 Å². The third kappa shape index (κ3) is 3.03. The Morgan fingerprint density at radius 1 is 1.33 bits per heavy atom. The van der Waals surface area contributed by atoms with Gasteiger partial charge in [-0.25, -0.2) is 4.79 Å². The highest BCUT2D eigenvalue weighted by molar-refractivity contribution is 7.85. The molecule has 6 nitrogen and oxygen atoms in total. The van der Waals surface area contributed by atoms with E-state index in [9.17, 15) is 18.0 Å². The van der Waals surface area contributed by atoms with Gasteiger partial charge in [-0.3, -0.25) is 9.35 Å². The zero-order valence-electron chi connectivity index (χ0n) is 11.5. The Hall–Kier alpha value is -1.99. The smallest absolute Gasteiger partial charge is 0.340 e. The van der Waals surface area contributed by atoms with Crippen molar-refractivity contribution in [3.05, 3.63) is 39.7 Å². The number of benzene rings is 1. The first-order valence-electron chi connectivity index (χ1n) is 6.29. The van der Waals surface area contributed by atoms with Gasteiger partial charge in [0.15, 0.2) is 0 Å². The first-order chi connectivity index (χ1) is 9.74. The Morgan fingerprint density at radius 3 is 2.57 bits per heavy atom.